The zero-order chi connectivity index (χ0) is 20.2. The SMILES string of the molecule is COc1ccc(Cl)cc1S(=O)(=O)N(C)CC(=O)N[C@@H](C)c1ccc(Br)cc1. The number of halogens is 2. The van der Waals surface area contributed by atoms with Crippen molar-refractivity contribution in [1.29, 1.82) is 0 Å². The summed E-state index contributed by atoms with van der Waals surface area (Å²) in [6.07, 6.45) is 0. The maximum atomic E-state index is 12.8. The molecule has 0 saturated carbocycles. The molecule has 2 aromatic carbocycles. The highest BCUT2D eigenvalue weighted by Crippen LogP contribution is 2.29. The van der Waals surface area contributed by atoms with Crippen molar-refractivity contribution in [3.63, 3.8) is 0 Å². The van der Waals surface area contributed by atoms with Crippen LogP contribution in [-0.4, -0.2) is 39.3 Å². The molecule has 1 atom stereocenters. The van der Waals surface area contributed by atoms with Gasteiger partial charge in [0.2, 0.25) is 15.9 Å². The van der Waals surface area contributed by atoms with E-state index in [2.05, 4.69) is 21.2 Å². The van der Waals surface area contributed by atoms with E-state index in [1.54, 1.807) is 0 Å². The van der Waals surface area contributed by atoms with Gasteiger partial charge in [-0.15, -0.1) is 0 Å². The minimum Gasteiger partial charge on any atom is -0.495 e. The molecular formula is C18H20BrClN2O4S. The van der Waals surface area contributed by atoms with Crippen LogP contribution in [0, 0.1) is 0 Å². The number of benzene rings is 2. The highest BCUT2D eigenvalue weighted by molar-refractivity contribution is 9.10. The third-order valence-corrected chi connectivity index (χ3v) is 6.52. The van der Waals surface area contributed by atoms with Gasteiger partial charge in [0.25, 0.3) is 0 Å². The summed E-state index contributed by atoms with van der Waals surface area (Å²) in [5, 5.41) is 3.05. The summed E-state index contributed by atoms with van der Waals surface area (Å²) in [5.41, 5.74) is 0.911. The van der Waals surface area contributed by atoms with Crippen molar-refractivity contribution in [3.8, 4) is 5.75 Å². The Morgan fingerprint density at radius 1 is 1.26 bits per heavy atom. The summed E-state index contributed by atoms with van der Waals surface area (Å²) in [5.74, 6) is -0.257. The average Bonchev–Trinajstić information content (AvgIpc) is 2.61. The van der Waals surface area contributed by atoms with Crippen molar-refractivity contribution < 1.29 is 17.9 Å². The molecule has 0 aliphatic rings. The van der Waals surface area contributed by atoms with Gasteiger partial charge in [-0.25, -0.2) is 8.42 Å². The number of nitrogens with one attached hydrogen (secondary N) is 1. The van der Waals surface area contributed by atoms with Crippen LogP contribution >= 0.6 is 27.5 Å². The third kappa shape index (κ3) is 5.44. The van der Waals surface area contributed by atoms with Crippen molar-refractivity contribution in [2.24, 2.45) is 0 Å². The van der Waals surface area contributed by atoms with E-state index < -0.39 is 15.9 Å². The van der Waals surface area contributed by atoms with Crippen LogP contribution < -0.4 is 10.1 Å². The lowest BCUT2D eigenvalue weighted by Gasteiger charge is -2.20. The van der Waals surface area contributed by atoms with Crippen molar-refractivity contribution in [2.75, 3.05) is 20.7 Å². The Bertz CT molecular complexity index is 919. The second kappa shape index (κ2) is 9.05. The van der Waals surface area contributed by atoms with Crippen molar-refractivity contribution in [2.45, 2.75) is 17.9 Å². The van der Waals surface area contributed by atoms with Crippen molar-refractivity contribution >= 4 is 43.5 Å². The highest BCUT2D eigenvalue weighted by Gasteiger charge is 2.27. The smallest absolute Gasteiger partial charge is 0.247 e. The molecule has 1 amide bonds. The average molecular weight is 476 g/mol. The molecule has 0 spiro atoms. The fourth-order valence-electron chi connectivity index (χ4n) is 2.43. The number of amides is 1. The number of sulfonamides is 1. The number of carbonyl (C=O) groups excluding carboxylic acids is 1. The summed E-state index contributed by atoms with van der Waals surface area (Å²) in [6, 6.07) is 11.6. The van der Waals surface area contributed by atoms with Gasteiger partial charge in [0.1, 0.15) is 10.6 Å². The van der Waals surface area contributed by atoms with Crippen LogP contribution in [0.2, 0.25) is 5.02 Å². The summed E-state index contributed by atoms with van der Waals surface area (Å²) in [4.78, 5) is 12.2. The van der Waals surface area contributed by atoms with Crippen LogP contribution in [0.5, 0.6) is 5.75 Å². The number of likely N-dealkylation sites (N-methyl/N-ethyl adjacent to an activating group) is 1. The topological polar surface area (TPSA) is 75.7 Å². The Balaban J connectivity index is 2.11. The first-order valence-electron chi connectivity index (χ1n) is 8.00. The quantitative estimate of drug-likeness (QED) is 0.664. The molecule has 27 heavy (non-hydrogen) atoms. The van der Waals surface area contributed by atoms with Crippen LogP contribution in [-0.2, 0) is 14.8 Å². The molecule has 0 heterocycles. The Labute approximate surface area is 172 Å². The van der Waals surface area contributed by atoms with Gasteiger partial charge in [-0.05, 0) is 42.8 Å². The number of carbonyl (C=O) groups is 1. The van der Waals surface area contributed by atoms with Gasteiger partial charge in [0, 0.05) is 16.5 Å². The molecule has 0 aliphatic carbocycles. The minimum atomic E-state index is -3.95. The summed E-state index contributed by atoms with van der Waals surface area (Å²) in [6.45, 7) is 1.49. The Morgan fingerprint density at radius 3 is 2.48 bits per heavy atom. The van der Waals surface area contributed by atoms with Crippen LogP contribution in [0.25, 0.3) is 0 Å². The normalized spacial score (nSPS) is 12.7. The van der Waals surface area contributed by atoms with Gasteiger partial charge in [-0.3, -0.25) is 4.79 Å². The molecule has 0 fully saturated rings. The van der Waals surface area contributed by atoms with E-state index in [1.807, 2.05) is 31.2 Å². The third-order valence-electron chi connectivity index (χ3n) is 3.93. The first kappa shape index (κ1) is 21.7. The molecule has 6 nitrogen and oxygen atoms in total. The Morgan fingerprint density at radius 2 is 1.89 bits per heavy atom. The number of hydrogen-bond acceptors (Lipinski definition) is 4. The molecule has 0 bridgehead atoms. The number of nitrogens with zero attached hydrogens (tertiary/aromatic N) is 1. The van der Waals surface area contributed by atoms with Gasteiger partial charge in [-0.1, -0.05) is 39.7 Å². The predicted octanol–water partition coefficient (Wildman–Crippen LogP) is 3.61. The van der Waals surface area contributed by atoms with E-state index in [-0.39, 0.29) is 28.3 Å². The molecule has 0 aliphatic heterocycles. The summed E-state index contributed by atoms with van der Waals surface area (Å²) < 4.78 is 32.6. The molecule has 0 unspecified atom stereocenters. The van der Waals surface area contributed by atoms with Gasteiger partial charge >= 0.3 is 0 Å². The fourth-order valence-corrected chi connectivity index (χ4v) is 4.23. The van der Waals surface area contributed by atoms with Crippen LogP contribution in [0.1, 0.15) is 18.5 Å². The number of ether oxygens (including phenoxy) is 1. The van der Waals surface area contributed by atoms with Crippen LogP contribution in [0.4, 0.5) is 0 Å². The summed E-state index contributed by atoms with van der Waals surface area (Å²) in [7, 11) is -1.25. The molecule has 146 valence electrons. The zero-order valence-electron chi connectivity index (χ0n) is 15.1. The maximum Gasteiger partial charge on any atom is 0.247 e. The standard InChI is InChI=1S/C18H20BrClN2O4S/c1-12(13-4-6-14(19)7-5-13)21-18(23)11-22(2)27(24,25)17-10-15(20)8-9-16(17)26-3/h4-10,12H,11H2,1-3H3,(H,21,23)/t12-/m0/s1. The van der Waals surface area contributed by atoms with E-state index in [1.165, 1.54) is 32.4 Å². The first-order valence-corrected chi connectivity index (χ1v) is 10.6. The van der Waals surface area contributed by atoms with Gasteiger partial charge in [0.15, 0.2) is 0 Å². The predicted molar refractivity (Wildman–Crippen MR) is 109 cm³/mol. The van der Waals surface area contributed by atoms with Crippen LogP contribution in [0.3, 0.4) is 0 Å². The zero-order valence-corrected chi connectivity index (χ0v) is 18.2. The monoisotopic (exact) mass is 474 g/mol. The van der Waals surface area contributed by atoms with Crippen LogP contribution in [0.15, 0.2) is 51.8 Å². The number of methoxy groups -OCH3 is 1. The van der Waals surface area contributed by atoms with Crippen molar-refractivity contribution in [1.82, 2.24) is 9.62 Å². The molecule has 1 N–H and O–H groups in total. The molecular weight excluding hydrogens is 456 g/mol. The Hall–Kier alpha value is -1.61. The number of rotatable bonds is 7. The van der Waals surface area contributed by atoms with E-state index in [4.69, 9.17) is 16.3 Å². The van der Waals surface area contributed by atoms with E-state index in [9.17, 15) is 13.2 Å². The number of hydrogen-bond donors (Lipinski definition) is 1. The molecule has 0 saturated heterocycles. The van der Waals surface area contributed by atoms with E-state index in [0.717, 1.165) is 14.3 Å². The molecule has 0 radical (unpaired) electrons. The van der Waals surface area contributed by atoms with Crippen molar-refractivity contribution in [3.05, 3.63) is 57.5 Å². The Kier molecular flexibility index (Phi) is 7.27. The lowest BCUT2D eigenvalue weighted by atomic mass is 10.1. The van der Waals surface area contributed by atoms with Gasteiger partial charge in [0.05, 0.1) is 19.7 Å². The highest BCUT2D eigenvalue weighted by atomic mass is 79.9. The lowest BCUT2D eigenvalue weighted by Crippen LogP contribution is -2.39. The van der Waals surface area contributed by atoms with E-state index >= 15 is 0 Å². The summed E-state index contributed by atoms with van der Waals surface area (Å²) >= 11 is 9.28. The first-order chi connectivity index (χ1) is 12.6. The van der Waals surface area contributed by atoms with E-state index in [0.29, 0.717) is 0 Å². The van der Waals surface area contributed by atoms with Gasteiger partial charge < -0.3 is 10.1 Å². The molecule has 9 heteroatoms. The molecule has 0 aromatic heterocycles. The molecule has 2 aromatic rings. The van der Waals surface area contributed by atoms with Gasteiger partial charge in [-0.2, -0.15) is 4.31 Å². The maximum absolute atomic E-state index is 12.8. The fraction of sp³-hybridized carbons (Fsp3) is 0.278. The second-order valence-corrected chi connectivity index (χ2v) is 9.26. The lowest BCUT2D eigenvalue weighted by molar-refractivity contribution is -0.121. The second-order valence-electron chi connectivity index (χ2n) is 5.90. The molecule has 2 rings (SSSR count). The minimum absolute atomic E-state index is 0.0891. The largest absolute Gasteiger partial charge is 0.495 e.